The molecule has 1 aromatic carbocycles. The lowest BCUT2D eigenvalue weighted by Gasteiger charge is -2.35. The molecule has 0 saturated carbocycles. The summed E-state index contributed by atoms with van der Waals surface area (Å²) < 4.78 is 16.4. The highest BCUT2D eigenvalue weighted by atomic mass is 16.7. The highest BCUT2D eigenvalue weighted by Crippen LogP contribution is 2.34. The minimum Gasteiger partial charge on any atom is -0.462 e. The standard InChI is InChI=1S/C18H20O7/c1-8-13(24-18-15(21)14(20)12(19)7-23-18)6-5-10-9-3-2-4-11(9)17(22)25-16(8)10/h5-6,12,14-15,18-21H,2-4,7H2,1H3/t12-,14+,15-,18+/m1/s1. The Morgan fingerprint density at radius 3 is 2.68 bits per heavy atom. The van der Waals surface area contributed by atoms with Crippen LogP contribution in [0.2, 0.25) is 0 Å². The second-order valence-corrected chi connectivity index (χ2v) is 6.63. The Morgan fingerprint density at radius 2 is 1.88 bits per heavy atom. The first kappa shape index (κ1) is 16.5. The summed E-state index contributed by atoms with van der Waals surface area (Å²) in [4.78, 5) is 12.2. The van der Waals surface area contributed by atoms with Gasteiger partial charge in [0.1, 0.15) is 29.6 Å². The third-order valence-corrected chi connectivity index (χ3v) is 5.04. The smallest absolute Gasteiger partial charge is 0.339 e. The Hall–Kier alpha value is -1.93. The van der Waals surface area contributed by atoms with Gasteiger partial charge in [0.2, 0.25) is 6.29 Å². The molecule has 1 aromatic heterocycles. The van der Waals surface area contributed by atoms with Crippen molar-refractivity contribution in [2.75, 3.05) is 6.61 Å². The Labute approximate surface area is 143 Å². The summed E-state index contributed by atoms with van der Waals surface area (Å²) in [5, 5.41) is 30.2. The number of ether oxygens (including phenoxy) is 2. The molecule has 1 aliphatic heterocycles. The van der Waals surface area contributed by atoms with Gasteiger partial charge in [-0.15, -0.1) is 0 Å². The van der Waals surface area contributed by atoms with Crippen molar-refractivity contribution in [1.82, 2.24) is 0 Å². The van der Waals surface area contributed by atoms with Crippen molar-refractivity contribution < 1.29 is 29.2 Å². The number of fused-ring (bicyclic) bond motifs is 3. The molecule has 3 N–H and O–H groups in total. The second-order valence-electron chi connectivity index (χ2n) is 6.63. The zero-order valence-corrected chi connectivity index (χ0v) is 13.8. The van der Waals surface area contributed by atoms with Crippen molar-refractivity contribution in [2.45, 2.75) is 50.8 Å². The van der Waals surface area contributed by atoms with Crippen molar-refractivity contribution in [3.8, 4) is 5.75 Å². The van der Waals surface area contributed by atoms with E-state index < -0.39 is 24.6 Å². The zero-order valence-electron chi connectivity index (χ0n) is 13.8. The van der Waals surface area contributed by atoms with E-state index in [2.05, 4.69) is 0 Å². The predicted molar refractivity (Wildman–Crippen MR) is 87.6 cm³/mol. The van der Waals surface area contributed by atoms with Crippen LogP contribution in [0.3, 0.4) is 0 Å². The zero-order chi connectivity index (χ0) is 17.7. The van der Waals surface area contributed by atoms with Gasteiger partial charge in [-0.25, -0.2) is 4.79 Å². The van der Waals surface area contributed by atoms with Crippen molar-refractivity contribution in [1.29, 1.82) is 0 Å². The molecule has 4 atom stereocenters. The number of benzene rings is 1. The first-order chi connectivity index (χ1) is 12.0. The Kier molecular flexibility index (Phi) is 4.04. The summed E-state index contributed by atoms with van der Waals surface area (Å²) in [6.45, 7) is 1.63. The summed E-state index contributed by atoms with van der Waals surface area (Å²) in [6, 6.07) is 3.58. The molecule has 0 amide bonds. The van der Waals surface area contributed by atoms with Gasteiger partial charge in [-0.2, -0.15) is 0 Å². The fraction of sp³-hybridized carbons (Fsp3) is 0.500. The van der Waals surface area contributed by atoms with Crippen molar-refractivity contribution in [3.63, 3.8) is 0 Å². The van der Waals surface area contributed by atoms with Gasteiger partial charge in [-0.05, 0) is 43.9 Å². The van der Waals surface area contributed by atoms with E-state index in [1.165, 1.54) is 0 Å². The Balaban J connectivity index is 1.71. The third kappa shape index (κ3) is 2.64. The van der Waals surface area contributed by atoms with Gasteiger partial charge in [0, 0.05) is 16.5 Å². The lowest BCUT2D eigenvalue weighted by atomic mass is 10.0. The summed E-state index contributed by atoms with van der Waals surface area (Å²) in [7, 11) is 0. The highest BCUT2D eigenvalue weighted by molar-refractivity contribution is 5.86. The first-order valence-corrected chi connectivity index (χ1v) is 8.38. The van der Waals surface area contributed by atoms with Crippen LogP contribution in [0.5, 0.6) is 5.75 Å². The number of aliphatic hydroxyl groups excluding tert-OH is 3. The van der Waals surface area contributed by atoms with Crippen LogP contribution in [0.25, 0.3) is 11.0 Å². The average Bonchev–Trinajstić information content (AvgIpc) is 3.09. The number of hydrogen-bond donors (Lipinski definition) is 3. The highest BCUT2D eigenvalue weighted by Gasteiger charge is 2.39. The summed E-state index contributed by atoms with van der Waals surface area (Å²) in [5.41, 5.74) is 2.57. The monoisotopic (exact) mass is 348 g/mol. The number of rotatable bonds is 2. The van der Waals surface area contributed by atoms with Crippen molar-refractivity contribution in [3.05, 3.63) is 39.2 Å². The maximum Gasteiger partial charge on any atom is 0.339 e. The van der Waals surface area contributed by atoms with Crippen molar-refractivity contribution in [2.24, 2.45) is 0 Å². The SMILES string of the molecule is Cc1c(O[C@@H]2OC[C@@H](O)[C@H](O)[C@H]2O)ccc2c3c(c(=O)oc12)CCC3. The molecule has 1 fully saturated rings. The molecule has 0 spiro atoms. The number of aryl methyl sites for hydroxylation is 2. The minimum absolute atomic E-state index is 0.141. The quantitative estimate of drug-likeness (QED) is 0.674. The molecule has 7 nitrogen and oxygen atoms in total. The average molecular weight is 348 g/mol. The molecular formula is C18H20O7. The van der Waals surface area contributed by atoms with Crippen LogP contribution in [-0.4, -0.2) is 46.5 Å². The van der Waals surface area contributed by atoms with E-state index in [1.807, 2.05) is 6.07 Å². The van der Waals surface area contributed by atoms with Crippen LogP contribution in [0.1, 0.15) is 23.1 Å². The molecule has 2 aromatic rings. The van der Waals surface area contributed by atoms with Gasteiger partial charge in [0.15, 0.2) is 0 Å². The molecule has 0 unspecified atom stereocenters. The maximum absolute atomic E-state index is 12.2. The summed E-state index contributed by atoms with van der Waals surface area (Å²) in [5.74, 6) is 0.390. The lowest BCUT2D eigenvalue weighted by Crippen LogP contribution is -2.54. The molecule has 25 heavy (non-hydrogen) atoms. The number of aliphatic hydroxyl groups is 3. The summed E-state index contributed by atoms with van der Waals surface area (Å²) in [6.07, 6.45) is -2.46. The fourth-order valence-electron chi connectivity index (χ4n) is 3.60. The molecule has 0 bridgehead atoms. The molecule has 2 heterocycles. The molecular weight excluding hydrogens is 328 g/mol. The fourth-order valence-corrected chi connectivity index (χ4v) is 3.60. The van der Waals surface area contributed by atoms with Crippen molar-refractivity contribution >= 4 is 11.0 Å². The Bertz CT molecular complexity index is 872. The van der Waals surface area contributed by atoms with Gasteiger partial charge in [-0.1, -0.05) is 0 Å². The van der Waals surface area contributed by atoms with Crippen LogP contribution in [0.4, 0.5) is 0 Å². The first-order valence-electron chi connectivity index (χ1n) is 8.38. The van der Waals surface area contributed by atoms with E-state index in [1.54, 1.807) is 13.0 Å². The van der Waals surface area contributed by atoms with E-state index in [9.17, 15) is 20.1 Å². The van der Waals surface area contributed by atoms with E-state index in [0.717, 1.165) is 35.8 Å². The predicted octanol–water partition coefficient (Wildman–Crippen LogP) is 0.408. The summed E-state index contributed by atoms with van der Waals surface area (Å²) >= 11 is 0. The molecule has 2 aliphatic rings. The van der Waals surface area contributed by atoms with Gasteiger partial charge >= 0.3 is 5.63 Å². The van der Waals surface area contributed by atoms with Crippen LogP contribution in [0.15, 0.2) is 21.3 Å². The van der Waals surface area contributed by atoms with Gasteiger partial charge < -0.3 is 29.2 Å². The van der Waals surface area contributed by atoms with Gasteiger partial charge in [-0.3, -0.25) is 0 Å². The van der Waals surface area contributed by atoms with Crippen LogP contribution in [-0.2, 0) is 17.6 Å². The maximum atomic E-state index is 12.2. The van der Waals surface area contributed by atoms with E-state index in [0.29, 0.717) is 16.9 Å². The molecule has 1 aliphatic carbocycles. The van der Waals surface area contributed by atoms with Crippen LogP contribution < -0.4 is 10.4 Å². The third-order valence-electron chi connectivity index (χ3n) is 5.04. The van der Waals surface area contributed by atoms with E-state index in [-0.39, 0.29) is 12.2 Å². The molecule has 4 rings (SSSR count). The molecule has 7 heteroatoms. The molecule has 1 saturated heterocycles. The lowest BCUT2D eigenvalue weighted by molar-refractivity contribution is -0.242. The van der Waals surface area contributed by atoms with Crippen LogP contribution >= 0.6 is 0 Å². The largest absolute Gasteiger partial charge is 0.462 e. The molecule has 134 valence electrons. The second kappa shape index (κ2) is 6.10. The minimum atomic E-state index is -1.38. The Morgan fingerprint density at radius 1 is 1.12 bits per heavy atom. The number of hydrogen-bond acceptors (Lipinski definition) is 7. The van der Waals surface area contributed by atoms with Gasteiger partial charge in [0.05, 0.1) is 6.61 Å². The molecule has 0 radical (unpaired) electrons. The normalized spacial score (nSPS) is 29.0. The van der Waals surface area contributed by atoms with E-state index in [4.69, 9.17) is 13.9 Å². The van der Waals surface area contributed by atoms with Crippen LogP contribution in [0, 0.1) is 6.92 Å². The topological polar surface area (TPSA) is 109 Å². The van der Waals surface area contributed by atoms with Gasteiger partial charge in [0.25, 0.3) is 0 Å². The van der Waals surface area contributed by atoms with E-state index >= 15 is 0 Å².